The molecule has 8 nitrogen and oxygen atoms in total. The molecule has 25 heavy (non-hydrogen) atoms. The van der Waals surface area contributed by atoms with Crippen molar-refractivity contribution in [3.05, 3.63) is 54.6 Å². The first-order valence-corrected chi connectivity index (χ1v) is 7.34. The van der Waals surface area contributed by atoms with Crippen molar-refractivity contribution >= 4 is 22.8 Å². The second kappa shape index (κ2) is 6.11. The van der Waals surface area contributed by atoms with E-state index in [0.717, 1.165) is 0 Å². The van der Waals surface area contributed by atoms with E-state index in [9.17, 15) is 4.39 Å². The lowest BCUT2D eigenvalue weighted by Gasteiger charge is -2.06. The van der Waals surface area contributed by atoms with Gasteiger partial charge in [0.15, 0.2) is 11.2 Å². The fourth-order valence-corrected chi connectivity index (χ4v) is 2.27. The first-order valence-electron chi connectivity index (χ1n) is 7.34. The van der Waals surface area contributed by atoms with Crippen molar-refractivity contribution in [2.45, 2.75) is 0 Å². The maximum absolute atomic E-state index is 13.5. The Hall–Kier alpha value is -3.62. The second-order valence-electron chi connectivity index (χ2n) is 5.10. The molecule has 4 aromatic rings. The topological polar surface area (TPSA) is 90.6 Å². The molecule has 0 saturated carbocycles. The van der Waals surface area contributed by atoms with Crippen molar-refractivity contribution in [2.75, 3.05) is 12.4 Å². The van der Waals surface area contributed by atoms with E-state index in [4.69, 9.17) is 4.74 Å². The molecule has 0 spiro atoms. The molecule has 0 aliphatic rings. The normalized spacial score (nSPS) is 10.8. The van der Waals surface area contributed by atoms with Crippen LogP contribution in [-0.2, 0) is 0 Å². The maximum atomic E-state index is 13.5. The summed E-state index contributed by atoms with van der Waals surface area (Å²) in [5.74, 6) is 0.493. The fraction of sp³-hybridized carbons (Fsp3) is 0.0625. The number of nitrogens with zero attached hydrogens (tertiary/aromatic N) is 6. The third-order valence-electron chi connectivity index (χ3n) is 3.45. The van der Waals surface area contributed by atoms with Gasteiger partial charge in [-0.25, -0.2) is 14.4 Å². The van der Waals surface area contributed by atoms with Gasteiger partial charge >= 0.3 is 0 Å². The number of halogens is 1. The number of benzene rings is 1. The minimum atomic E-state index is -0.363. The van der Waals surface area contributed by atoms with Gasteiger partial charge in [0.2, 0.25) is 11.8 Å². The molecule has 4 rings (SSSR count). The fourth-order valence-electron chi connectivity index (χ4n) is 2.27. The Morgan fingerprint density at radius 1 is 1.12 bits per heavy atom. The van der Waals surface area contributed by atoms with Gasteiger partial charge in [-0.3, -0.25) is 0 Å². The van der Waals surface area contributed by atoms with Gasteiger partial charge in [0, 0.05) is 6.07 Å². The Kier molecular flexibility index (Phi) is 3.65. The zero-order chi connectivity index (χ0) is 17.2. The predicted molar refractivity (Wildman–Crippen MR) is 88.5 cm³/mol. The quantitative estimate of drug-likeness (QED) is 0.612. The molecular formula is C16H12FN7O. The van der Waals surface area contributed by atoms with E-state index in [1.165, 1.54) is 16.8 Å². The van der Waals surface area contributed by atoms with Crippen LogP contribution in [-0.4, -0.2) is 37.1 Å². The summed E-state index contributed by atoms with van der Waals surface area (Å²) in [4.78, 5) is 12.7. The number of ether oxygens (including phenoxy) is 1. The molecule has 0 radical (unpaired) electrons. The number of fused-ring (bicyclic) bond motifs is 1. The zero-order valence-electron chi connectivity index (χ0n) is 13.1. The second-order valence-corrected chi connectivity index (χ2v) is 5.10. The smallest absolute Gasteiger partial charge is 0.229 e. The van der Waals surface area contributed by atoms with Crippen LogP contribution in [0.1, 0.15) is 0 Å². The Labute approximate surface area is 141 Å². The molecule has 1 aromatic carbocycles. The van der Waals surface area contributed by atoms with E-state index >= 15 is 0 Å². The Bertz CT molecular complexity index is 1030. The van der Waals surface area contributed by atoms with Crippen molar-refractivity contribution in [2.24, 2.45) is 0 Å². The minimum absolute atomic E-state index is 0.347. The summed E-state index contributed by atoms with van der Waals surface area (Å²) in [6.45, 7) is 0. The molecule has 0 bridgehead atoms. The Morgan fingerprint density at radius 2 is 2.04 bits per heavy atom. The van der Waals surface area contributed by atoms with E-state index in [1.807, 2.05) is 0 Å². The van der Waals surface area contributed by atoms with E-state index in [1.54, 1.807) is 43.8 Å². The number of pyridine rings is 1. The van der Waals surface area contributed by atoms with E-state index < -0.39 is 0 Å². The third kappa shape index (κ3) is 2.94. The standard InChI is InChI=1S/C16H12FN7O/c1-25-14-6-5-11(8-18-14)20-16-19-9-13-15(21-16)24(23-22-13)12-4-2-3-10(17)7-12/h2-9H,1H3,(H,19,20,21). The number of hydrogen-bond acceptors (Lipinski definition) is 7. The first-order chi connectivity index (χ1) is 12.2. The Morgan fingerprint density at radius 3 is 2.80 bits per heavy atom. The molecule has 0 fully saturated rings. The van der Waals surface area contributed by atoms with Gasteiger partial charge in [0.1, 0.15) is 5.82 Å². The molecular weight excluding hydrogens is 325 g/mol. The van der Waals surface area contributed by atoms with Crippen molar-refractivity contribution in [3.63, 3.8) is 0 Å². The van der Waals surface area contributed by atoms with Gasteiger partial charge in [-0.1, -0.05) is 11.3 Å². The molecule has 124 valence electrons. The van der Waals surface area contributed by atoms with Crippen LogP contribution >= 0.6 is 0 Å². The average Bonchev–Trinajstić information content (AvgIpc) is 3.06. The van der Waals surface area contributed by atoms with Crippen LogP contribution in [0.4, 0.5) is 16.0 Å². The molecule has 0 aliphatic heterocycles. The average molecular weight is 337 g/mol. The largest absolute Gasteiger partial charge is 0.481 e. The highest BCUT2D eigenvalue weighted by Crippen LogP contribution is 2.19. The molecule has 0 atom stereocenters. The van der Waals surface area contributed by atoms with Gasteiger partial charge in [-0.15, -0.1) is 5.10 Å². The molecule has 0 amide bonds. The minimum Gasteiger partial charge on any atom is -0.481 e. The zero-order valence-corrected chi connectivity index (χ0v) is 13.1. The van der Waals surface area contributed by atoms with Gasteiger partial charge in [-0.2, -0.15) is 9.67 Å². The molecule has 3 aromatic heterocycles. The summed E-state index contributed by atoms with van der Waals surface area (Å²) in [5, 5.41) is 11.1. The summed E-state index contributed by atoms with van der Waals surface area (Å²) < 4.78 is 19.9. The summed E-state index contributed by atoms with van der Waals surface area (Å²) in [6.07, 6.45) is 3.15. The number of anilines is 2. The van der Waals surface area contributed by atoms with Gasteiger partial charge in [0.25, 0.3) is 0 Å². The molecule has 0 unspecified atom stereocenters. The van der Waals surface area contributed by atoms with E-state index in [0.29, 0.717) is 34.4 Å². The highest BCUT2D eigenvalue weighted by Gasteiger charge is 2.11. The molecule has 0 saturated heterocycles. The van der Waals surface area contributed by atoms with Crippen molar-refractivity contribution in [1.82, 2.24) is 29.9 Å². The van der Waals surface area contributed by atoms with Crippen LogP contribution in [0.2, 0.25) is 0 Å². The number of nitrogens with one attached hydrogen (secondary N) is 1. The number of rotatable bonds is 4. The lowest BCUT2D eigenvalue weighted by molar-refractivity contribution is 0.398. The molecule has 0 aliphatic carbocycles. The van der Waals surface area contributed by atoms with Crippen LogP contribution in [0.5, 0.6) is 5.88 Å². The van der Waals surface area contributed by atoms with Crippen LogP contribution in [0.15, 0.2) is 48.8 Å². The number of hydrogen-bond donors (Lipinski definition) is 1. The van der Waals surface area contributed by atoms with Crippen LogP contribution in [0.25, 0.3) is 16.9 Å². The van der Waals surface area contributed by atoms with Crippen molar-refractivity contribution in [3.8, 4) is 11.6 Å². The summed E-state index contributed by atoms with van der Waals surface area (Å²) in [7, 11) is 1.55. The van der Waals surface area contributed by atoms with Crippen molar-refractivity contribution in [1.29, 1.82) is 0 Å². The summed E-state index contributed by atoms with van der Waals surface area (Å²) in [5.41, 5.74) is 2.19. The molecule has 9 heteroatoms. The van der Waals surface area contributed by atoms with Crippen LogP contribution < -0.4 is 10.1 Å². The monoisotopic (exact) mass is 337 g/mol. The Balaban J connectivity index is 1.70. The SMILES string of the molecule is COc1ccc(Nc2ncc3nnn(-c4cccc(F)c4)c3n2)cn1. The van der Waals surface area contributed by atoms with E-state index in [-0.39, 0.29) is 5.82 Å². The van der Waals surface area contributed by atoms with Crippen LogP contribution in [0.3, 0.4) is 0 Å². The molecule has 1 N–H and O–H groups in total. The third-order valence-corrected chi connectivity index (χ3v) is 3.45. The van der Waals surface area contributed by atoms with Gasteiger partial charge in [-0.05, 0) is 24.3 Å². The summed E-state index contributed by atoms with van der Waals surface area (Å²) in [6, 6.07) is 9.56. The first kappa shape index (κ1) is 14.9. The lowest BCUT2D eigenvalue weighted by Crippen LogP contribution is -2.02. The number of aromatic nitrogens is 6. The highest BCUT2D eigenvalue weighted by atomic mass is 19.1. The lowest BCUT2D eigenvalue weighted by atomic mass is 10.3. The van der Waals surface area contributed by atoms with Crippen molar-refractivity contribution < 1.29 is 9.13 Å². The van der Waals surface area contributed by atoms with Gasteiger partial charge in [0.05, 0.1) is 30.9 Å². The van der Waals surface area contributed by atoms with Gasteiger partial charge < -0.3 is 10.1 Å². The number of methoxy groups -OCH3 is 1. The highest BCUT2D eigenvalue weighted by molar-refractivity contribution is 5.72. The molecule has 3 heterocycles. The predicted octanol–water partition coefficient (Wildman–Crippen LogP) is 2.50. The van der Waals surface area contributed by atoms with E-state index in [2.05, 4.69) is 30.6 Å². The summed E-state index contributed by atoms with van der Waals surface area (Å²) >= 11 is 0. The maximum Gasteiger partial charge on any atom is 0.229 e. The van der Waals surface area contributed by atoms with Crippen LogP contribution in [0, 0.1) is 5.82 Å².